The summed E-state index contributed by atoms with van der Waals surface area (Å²) in [6.07, 6.45) is 3.81. The van der Waals surface area contributed by atoms with Crippen molar-refractivity contribution < 1.29 is 28.5 Å². The molecule has 0 aliphatic carbocycles. The van der Waals surface area contributed by atoms with E-state index in [4.69, 9.17) is 35.3 Å². The molecular weight excluding hydrogens is 372 g/mol. The fourth-order valence-electron chi connectivity index (χ4n) is 2.75. The summed E-state index contributed by atoms with van der Waals surface area (Å²) in [5.74, 6) is 2.00. The zero-order valence-electron chi connectivity index (χ0n) is 14.4. The summed E-state index contributed by atoms with van der Waals surface area (Å²) in [6, 6.07) is 8.93. The van der Waals surface area contributed by atoms with Crippen molar-refractivity contribution >= 4 is 23.6 Å². The van der Waals surface area contributed by atoms with Crippen LogP contribution in [0.1, 0.15) is 17.5 Å². The van der Waals surface area contributed by atoms with E-state index in [9.17, 15) is 4.79 Å². The van der Waals surface area contributed by atoms with Gasteiger partial charge in [0.15, 0.2) is 23.0 Å². The summed E-state index contributed by atoms with van der Waals surface area (Å²) in [4.78, 5) is 12.0. The maximum Gasteiger partial charge on any atom is 0.331 e. The van der Waals surface area contributed by atoms with Crippen molar-refractivity contribution in [1.82, 2.24) is 0 Å². The number of carbonyl (C=O) groups is 1. The Labute approximate surface area is 161 Å². The number of halogens is 1. The second-order valence-electron chi connectivity index (χ2n) is 6.01. The molecule has 0 atom stereocenters. The average molecular weight is 389 g/mol. The summed E-state index contributed by atoms with van der Waals surface area (Å²) in [6.45, 7) is 1.42. The van der Waals surface area contributed by atoms with Gasteiger partial charge in [-0.2, -0.15) is 0 Å². The van der Waals surface area contributed by atoms with Gasteiger partial charge in [0.1, 0.15) is 6.61 Å². The first-order chi connectivity index (χ1) is 13.2. The molecule has 0 spiro atoms. The molecule has 2 heterocycles. The van der Waals surface area contributed by atoms with Gasteiger partial charge in [-0.3, -0.25) is 0 Å². The largest absolute Gasteiger partial charge is 0.489 e. The molecule has 0 amide bonds. The van der Waals surface area contributed by atoms with Crippen LogP contribution in [0.4, 0.5) is 0 Å². The molecular formula is C20H17ClO6. The molecule has 27 heavy (non-hydrogen) atoms. The Morgan fingerprint density at radius 3 is 2.81 bits per heavy atom. The van der Waals surface area contributed by atoms with Crippen LogP contribution in [0.5, 0.6) is 23.0 Å². The molecule has 0 unspecified atom stereocenters. The van der Waals surface area contributed by atoms with Gasteiger partial charge in [-0.25, -0.2) is 4.79 Å². The first kappa shape index (κ1) is 17.5. The second-order valence-corrected chi connectivity index (χ2v) is 6.42. The smallest absolute Gasteiger partial charge is 0.331 e. The van der Waals surface area contributed by atoms with E-state index in [0.717, 1.165) is 17.5 Å². The third-order valence-corrected chi connectivity index (χ3v) is 4.33. The molecule has 2 aliphatic heterocycles. The molecule has 0 radical (unpaired) electrons. The number of ether oxygens (including phenoxy) is 5. The van der Waals surface area contributed by atoms with E-state index in [2.05, 4.69) is 0 Å². The molecule has 2 aromatic rings. The third-order valence-electron chi connectivity index (χ3n) is 4.05. The number of rotatable bonds is 4. The van der Waals surface area contributed by atoms with Gasteiger partial charge >= 0.3 is 5.97 Å². The van der Waals surface area contributed by atoms with Gasteiger partial charge in [-0.1, -0.05) is 17.7 Å². The van der Waals surface area contributed by atoms with E-state index >= 15 is 0 Å². The van der Waals surface area contributed by atoms with E-state index < -0.39 is 5.97 Å². The van der Waals surface area contributed by atoms with Crippen molar-refractivity contribution in [3.05, 3.63) is 52.6 Å². The van der Waals surface area contributed by atoms with E-state index in [-0.39, 0.29) is 13.4 Å². The Bertz CT molecular complexity index is 892. The van der Waals surface area contributed by atoms with E-state index in [0.29, 0.717) is 41.2 Å². The van der Waals surface area contributed by atoms with Crippen LogP contribution in [-0.4, -0.2) is 26.0 Å². The van der Waals surface area contributed by atoms with Crippen LogP contribution in [0.2, 0.25) is 5.02 Å². The summed E-state index contributed by atoms with van der Waals surface area (Å²) in [5.41, 5.74) is 1.55. The number of hydrogen-bond acceptors (Lipinski definition) is 6. The van der Waals surface area contributed by atoms with Crippen molar-refractivity contribution in [1.29, 1.82) is 0 Å². The lowest BCUT2D eigenvalue weighted by Gasteiger charge is -2.11. The van der Waals surface area contributed by atoms with Gasteiger partial charge in [-0.15, -0.1) is 0 Å². The predicted molar refractivity (Wildman–Crippen MR) is 98.5 cm³/mol. The minimum absolute atomic E-state index is 0.0840. The molecule has 0 fully saturated rings. The molecule has 140 valence electrons. The maximum atomic E-state index is 12.0. The molecule has 2 aliphatic rings. The standard InChI is InChI=1S/C20H17ClO6/c21-15-8-14(10-18-20(15)24-7-1-6-23-18)11-25-19(22)5-3-13-2-4-16-17(9-13)27-12-26-16/h2-5,8-10H,1,6-7,11-12H2/b5-3+. The first-order valence-electron chi connectivity index (χ1n) is 8.51. The van der Waals surface area contributed by atoms with Crippen LogP contribution in [0.3, 0.4) is 0 Å². The highest BCUT2D eigenvalue weighted by Gasteiger charge is 2.16. The fraction of sp³-hybridized carbons (Fsp3) is 0.250. The zero-order chi connectivity index (χ0) is 18.6. The lowest BCUT2D eigenvalue weighted by molar-refractivity contribution is -0.138. The van der Waals surface area contributed by atoms with Gasteiger partial charge in [0, 0.05) is 12.5 Å². The first-order valence-corrected chi connectivity index (χ1v) is 8.89. The van der Waals surface area contributed by atoms with Gasteiger partial charge in [0.25, 0.3) is 0 Å². The second kappa shape index (κ2) is 7.80. The highest BCUT2D eigenvalue weighted by molar-refractivity contribution is 6.32. The van der Waals surface area contributed by atoms with E-state index in [1.54, 1.807) is 30.3 Å². The minimum atomic E-state index is -0.462. The zero-order valence-corrected chi connectivity index (χ0v) is 15.2. The van der Waals surface area contributed by atoms with Gasteiger partial charge in [-0.05, 0) is 41.5 Å². The molecule has 0 bridgehead atoms. The molecule has 0 saturated heterocycles. The van der Waals surface area contributed by atoms with Gasteiger partial charge < -0.3 is 23.7 Å². The number of fused-ring (bicyclic) bond motifs is 2. The molecule has 7 heteroatoms. The van der Waals surface area contributed by atoms with Gasteiger partial charge in [0.05, 0.1) is 18.2 Å². The Morgan fingerprint density at radius 1 is 1.04 bits per heavy atom. The quantitative estimate of drug-likeness (QED) is 0.583. The Kier molecular flexibility index (Phi) is 5.07. The topological polar surface area (TPSA) is 63.2 Å². The predicted octanol–water partition coefficient (Wildman–Crippen LogP) is 3.99. The van der Waals surface area contributed by atoms with Crippen LogP contribution < -0.4 is 18.9 Å². The maximum absolute atomic E-state index is 12.0. The number of hydrogen-bond donors (Lipinski definition) is 0. The summed E-state index contributed by atoms with van der Waals surface area (Å²) in [7, 11) is 0. The Morgan fingerprint density at radius 2 is 1.89 bits per heavy atom. The normalized spacial score (nSPS) is 14.9. The summed E-state index contributed by atoms with van der Waals surface area (Å²) in [5, 5.41) is 0.441. The van der Waals surface area contributed by atoms with E-state index in [1.165, 1.54) is 6.08 Å². The Balaban J connectivity index is 1.38. The summed E-state index contributed by atoms with van der Waals surface area (Å²) >= 11 is 6.24. The molecule has 0 saturated carbocycles. The van der Waals surface area contributed by atoms with Crippen molar-refractivity contribution in [2.75, 3.05) is 20.0 Å². The molecule has 2 aromatic carbocycles. The average Bonchev–Trinajstić information content (AvgIpc) is 3.00. The van der Waals surface area contributed by atoms with Crippen molar-refractivity contribution in [2.45, 2.75) is 13.0 Å². The van der Waals surface area contributed by atoms with Crippen molar-refractivity contribution in [3.8, 4) is 23.0 Å². The molecule has 0 aromatic heterocycles. The van der Waals surface area contributed by atoms with Crippen LogP contribution >= 0.6 is 11.6 Å². The van der Waals surface area contributed by atoms with Crippen molar-refractivity contribution in [2.24, 2.45) is 0 Å². The van der Waals surface area contributed by atoms with Crippen LogP contribution in [0.25, 0.3) is 6.08 Å². The minimum Gasteiger partial charge on any atom is -0.489 e. The Hall–Kier alpha value is -2.86. The summed E-state index contributed by atoms with van der Waals surface area (Å²) < 4.78 is 27.1. The van der Waals surface area contributed by atoms with Crippen LogP contribution in [0, 0.1) is 0 Å². The third kappa shape index (κ3) is 4.11. The monoisotopic (exact) mass is 388 g/mol. The SMILES string of the molecule is O=C(/C=C/c1ccc2c(c1)OCO2)OCc1cc(Cl)c2c(c1)OCCCO2. The lowest BCUT2D eigenvalue weighted by atomic mass is 10.2. The molecule has 4 rings (SSSR count). The highest BCUT2D eigenvalue weighted by atomic mass is 35.5. The lowest BCUT2D eigenvalue weighted by Crippen LogP contribution is -2.02. The molecule has 6 nitrogen and oxygen atoms in total. The van der Waals surface area contributed by atoms with Crippen molar-refractivity contribution in [3.63, 3.8) is 0 Å². The van der Waals surface area contributed by atoms with Crippen LogP contribution in [-0.2, 0) is 16.1 Å². The van der Waals surface area contributed by atoms with Crippen LogP contribution in [0.15, 0.2) is 36.4 Å². The number of carbonyl (C=O) groups excluding carboxylic acids is 1. The number of benzene rings is 2. The van der Waals surface area contributed by atoms with E-state index in [1.807, 2.05) is 6.07 Å². The van der Waals surface area contributed by atoms with Gasteiger partial charge in [0.2, 0.25) is 6.79 Å². The number of esters is 1. The molecule has 0 N–H and O–H groups in total. The highest BCUT2D eigenvalue weighted by Crippen LogP contribution is 2.38. The fourth-order valence-corrected chi connectivity index (χ4v) is 3.04.